The van der Waals surface area contributed by atoms with Crippen LogP contribution in [0, 0.1) is 0 Å². The first kappa shape index (κ1) is 20.2. The predicted octanol–water partition coefficient (Wildman–Crippen LogP) is 4.98. The van der Waals surface area contributed by atoms with E-state index in [0.717, 1.165) is 28.4 Å². The van der Waals surface area contributed by atoms with Crippen molar-refractivity contribution < 1.29 is 14.2 Å². The minimum Gasteiger partial charge on any atom is -0.495 e. The van der Waals surface area contributed by atoms with Gasteiger partial charge < -0.3 is 19.5 Å². The number of pyridine rings is 1. The molecule has 3 aromatic rings. The second kappa shape index (κ2) is 10.1. The molecule has 1 aromatic carbocycles. The topological polar surface area (TPSA) is 52.6 Å². The van der Waals surface area contributed by atoms with Crippen molar-refractivity contribution in [3.8, 4) is 17.2 Å². The maximum atomic E-state index is 5.96. The molecular formula is C22H26N2O3S. The molecule has 0 amide bonds. The molecule has 0 spiro atoms. The highest BCUT2D eigenvalue weighted by Gasteiger charge is 2.12. The zero-order chi connectivity index (χ0) is 19.8. The van der Waals surface area contributed by atoms with Crippen molar-refractivity contribution in [2.45, 2.75) is 33.0 Å². The maximum Gasteiger partial charge on any atom is 0.161 e. The molecule has 2 heterocycles. The van der Waals surface area contributed by atoms with E-state index in [0.29, 0.717) is 19.8 Å². The quantitative estimate of drug-likeness (QED) is 0.522. The van der Waals surface area contributed by atoms with E-state index < -0.39 is 0 Å². The first-order chi connectivity index (χ1) is 13.7. The zero-order valence-electron chi connectivity index (χ0n) is 16.5. The van der Waals surface area contributed by atoms with Crippen molar-refractivity contribution in [3.63, 3.8) is 0 Å². The van der Waals surface area contributed by atoms with Crippen LogP contribution < -0.4 is 19.5 Å². The van der Waals surface area contributed by atoms with Gasteiger partial charge in [0.25, 0.3) is 0 Å². The molecule has 0 radical (unpaired) electrons. The van der Waals surface area contributed by atoms with E-state index in [9.17, 15) is 0 Å². The lowest BCUT2D eigenvalue weighted by Crippen LogP contribution is -2.19. The van der Waals surface area contributed by atoms with Gasteiger partial charge in [0, 0.05) is 29.2 Å². The standard InChI is InChI=1S/C22H26N2O3S/c1-4-26-21-12-17(7-8-20(21)27-15-18-6-5-11-28-18)13-24-16(2)19-9-10-23-14-22(19)25-3/h5-12,14,16,24H,4,13,15H2,1-3H3. The maximum absolute atomic E-state index is 5.96. The second-order valence-corrected chi connectivity index (χ2v) is 7.33. The normalized spacial score (nSPS) is 11.8. The summed E-state index contributed by atoms with van der Waals surface area (Å²) in [7, 11) is 1.66. The fraction of sp³-hybridized carbons (Fsp3) is 0.318. The van der Waals surface area contributed by atoms with Gasteiger partial charge in [0.2, 0.25) is 0 Å². The summed E-state index contributed by atoms with van der Waals surface area (Å²) in [5.74, 6) is 2.32. The van der Waals surface area contributed by atoms with E-state index in [1.807, 2.05) is 31.2 Å². The summed E-state index contributed by atoms with van der Waals surface area (Å²) in [5, 5.41) is 5.58. The minimum absolute atomic E-state index is 0.128. The van der Waals surface area contributed by atoms with E-state index in [1.54, 1.807) is 30.8 Å². The van der Waals surface area contributed by atoms with Crippen molar-refractivity contribution in [1.29, 1.82) is 0 Å². The SMILES string of the molecule is CCOc1cc(CNC(C)c2ccncc2OC)ccc1OCc1cccs1. The van der Waals surface area contributed by atoms with Crippen molar-refractivity contribution in [2.75, 3.05) is 13.7 Å². The summed E-state index contributed by atoms with van der Waals surface area (Å²) in [6.07, 6.45) is 3.52. The van der Waals surface area contributed by atoms with Gasteiger partial charge in [-0.2, -0.15) is 0 Å². The van der Waals surface area contributed by atoms with Gasteiger partial charge in [-0.3, -0.25) is 4.98 Å². The monoisotopic (exact) mass is 398 g/mol. The number of rotatable bonds is 10. The van der Waals surface area contributed by atoms with Crippen LogP contribution >= 0.6 is 11.3 Å². The summed E-state index contributed by atoms with van der Waals surface area (Å²) in [5.41, 5.74) is 2.21. The highest BCUT2D eigenvalue weighted by atomic mass is 32.1. The summed E-state index contributed by atoms with van der Waals surface area (Å²) < 4.78 is 17.2. The van der Waals surface area contributed by atoms with Crippen LogP contribution in [0.15, 0.2) is 54.2 Å². The molecule has 0 fully saturated rings. The Labute approximate surface area is 170 Å². The Hall–Kier alpha value is -2.57. The average molecular weight is 399 g/mol. The van der Waals surface area contributed by atoms with Gasteiger partial charge in [-0.05, 0) is 49.1 Å². The van der Waals surface area contributed by atoms with E-state index >= 15 is 0 Å². The van der Waals surface area contributed by atoms with Crippen molar-refractivity contribution in [3.05, 3.63) is 70.2 Å². The van der Waals surface area contributed by atoms with Gasteiger partial charge in [-0.15, -0.1) is 11.3 Å². The molecule has 28 heavy (non-hydrogen) atoms. The molecule has 0 aliphatic heterocycles. The van der Waals surface area contributed by atoms with Gasteiger partial charge in [0.05, 0.1) is 19.9 Å². The number of thiophene rings is 1. The summed E-state index contributed by atoms with van der Waals surface area (Å²) in [6, 6.07) is 12.3. The lowest BCUT2D eigenvalue weighted by Gasteiger charge is -2.18. The van der Waals surface area contributed by atoms with E-state index in [1.165, 1.54) is 4.88 Å². The minimum atomic E-state index is 0.128. The summed E-state index contributed by atoms with van der Waals surface area (Å²) >= 11 is 1.69. The van der Waals surface area contributed by atoms with Crippen LogP contribution in [0.1, 0.15) is 35.9 Å². The Morgan fingerprint density at radius 2 is 2.00 bits per heavy atom. The Bertz CT molecular complexity index is 868. The summed E-state index contributed by atoms with van der Waals surface area (Å²) in [4.78, 5) is 5.30. The van der Waals surface area contributed by atoms with E-state index in [2.05, 4.69) is 34.7 Å². The highest BCUT2D eigenvalue weighted by molar-refractivity contribution is 7.09. The van der Waals surface area contributed by atoms with Crippen LogP contribution in [0.5, 0.6) is 17.2 Å². The lowest BCUT2D eigenvalue weighted by atomic mass is 10.1. The zero-order valence-corrected chi connectivity index (χ0v) is 17.3. The van der Waals surface area contributed by atoms with Crippen molar-refractivity contribution in [1.82, 2.24) is 10.3 Å². The smallest absolute Gasteiger partial charge is 0.161 e. The lowest BCUT2D eigenvalue weighted by molar-refractivity contribution is 0.271. The molecule has 1 unspecified atom stereocenters. The largest absolute Gasteiger partial charge is 0.495 e. The number of aromatic nitrogens is 1. The van der Waals surface area contributed by atoms with E-state index in [-0.39, 0.29) is 6.04 Å². The fourth-order valence-electron chi connectivity index (χ4n) is 2.89. The number of nitrogens with zero attached hydrogens (tertiary/aromatic N) is 1. The Kier molecular flexibility index (Phi) is 7.28. The predicted molar refractivity (Wildman–Crippen MR) is 112 cm³/mol. The molecule has 2 aromatic heterocycles. The van der Waals surface area contributed by atoms with Crippen LogP contribution in [0.25, 0.3) is 0 Å². The third kappa shape index (κ3) is 5.24. The molecule has 0 aliphatic rings. The average Bonchev–Trinajstić information content (AvgIpc) is 3.25. The number of methoxy groups -OCH3 is 1. The molecule has 0 saturated carbocycles. The fourth-order valence-corrected chi connectivity index (χ4v) is 3.51. The molecule has 6 heteroatoms. The van der Waals surface area contributed by atoms with E-state index in [4.69, 9.17) is 14.2 Å². The number of ether oxygens (including phenoxy) is 3. The number of nitrogens with one attached hydrogen (secondary N) is 1. The molecule has 1 N–H and O–H groups in total. The first-order valence-corrected chi connectivity index (χ1v) is 10.2. The number of benzene rings is 1. The Morgan fingerprint density at radius 3 is 2.75 bits per heavy atom. The molecule has 1 atom stereocenters. The second-order valence-electron chi connectivity index (χ2n) is 6.30. The molecule has 0 bridgehead atoms. The molecule has 0 saturated heterocycles. The van der Waals surface area contributed by atoms with Crippen LogP contribution in [-0.2, 0) is 13.2 Å². The molecular weight excluding hydrogens is 372 g/mol. The number of hydrogen-bond donors (Lipinski definition) is 1. The van der Waals surface area contributed by atoms with Gasteiger partial charge in [0.1, 0.15) is 12.4 Å². The van der Waals surface area contributed by atoms with Crippen molar-refractivity contribution in [2.24, 2.45) is 0 Å². The number of hydrogen-bond acceptors (Lipinski definition) is 6. The van der Waals surface area contributed by atoms with Crippen LogP contribution in [0.4, 0.5) is 0 Å². The van der Waals surface area contributed by atoms with Gasteiger partial charge in [-0.1, -0.05) is 12.1 Å². The van der Waals surface area contributed by atoms with Gasteiger partial charge in [-0.25, -0.2) is 0 Å². The molecule has 148 valence electrons. The van der Waals surface area contributed by atoms with Crippen LogP contribution in [0.3, 0.4) is 0 Å². The molecule has 3 rings (SSSR count). The highest BCUT2D eigenvalue weighted by Crippen LogP contribution is 2.30. The summed E-state index contributed by atoms with van der Waals surface area (Å²) in [6.45, 7) is 5.94. The third-order valence-corrected chi connectivity index (χ3v) is 5.22. The van der Waals surface area contributed by atoms with Crippen LogP contribution in [0.2, 0.25) is 0 Å². The molecule has 0 aliphatic carbocycles. The van der Waals surface area contributed by atoms with Gasteiger partial charge >= 0.3 is 0 Å². The Balaban J connectivity index is 1.65. The molecule has 5 nitrogen and oxygen atoms in total. The Morgan fingerprint density at radius 1 is 1.11 bits per heavy atom. The van der Waals surface area contributed by atoms with Gasteiger partial charge in [0.15, 0.2) is 11.5 Å². The van der Waals surface area contributed by atoms with Crippen LogP contribution in [-0.4, -0.2) is 18.7 Å². The third-order valence-electron chi connectivity index (χ3n) is 4.37. The van der Waals surface area contributed by atoms with Crippen molar-refractivity contribution >= 4 is 11.3 Å². The first-order valence-electron chi connectivity index (χ1n) is 9.33.